The second-order valence-electron chi connectivity index (χ2n) is 3.60. The topological polar surface area (TPSA) is 37.3 Å². The Hall–Kier alpha value is -2.51. The number of nitrogens with zero attached hydrogens (tertiary/aromatic N) is 2. The molecule has 0 fully saturated rings. The van der Waals surface area contributed by atoms with Crippen molar-refractivity contribution < 1.29 is 22.0 Å². The molecule has 0 saturated carbocycles. The number of halogens is 5. The lowest BCUT2D eigenvalue weighted by atomic mass is 10.2. The van der Waals surface area contributed by atoms with Gasteiger partial charge in [-0.15, -0.1) is 0 Å². The Morgan fingerprint density at radius 2 is 1.55 bits per heavy atom. The fourth-order valence-corrected chi connectivity index (χ4v) is 1.33. The lowest BCUT2D eigenvalue weighted by molar-refractivity contribution is 0.381. The van der Waals surface area contributed by atoms with Crippen LogP contribution in [0.3, 0.4) is 0 Å². The van der Waals surface area contributed by atoms with E-state index in [2.05, 4.69) is 10.1 Å². The Kier molecular flexibility index (Phi) is 3.92. The van der Waals surface area contributed by atoms with E-state index in [4.69, 9.17) is 0 Å². The normalized spacial score (nSPS) is 11.1. The summed E-state index contributed by atoms with van der Waals surface area (Å²) in [4.78, 5) is 3.75. The number of hydrogen-bond acceptors (Lipinski definition) is 3. The van der Waals surface area contributed by atoms with Crippen molar-refractivity contribution in [3.63, 3.8) is 0 Å². The summed E-state index contributed by atoms with van der Waals surface area (Å²) in [5.41, 5.74) is 1.04. The molecule has 8 heteroatoms. The van der Waals surface area contributed by atoms with Gasteiger partial charge in [0.2, 0.25) is 5.82 Å². The van der Waals surface area contributed by atoms with Crippen molar-refractivity contribution in [2.45, 2.75) is 0 Å². The molecule has 20 heavy (non-hydrogen) atoms. The lowest BCUT2D eigenvalue weighted by Gasteiger charge is -2.06. The zero-order chi connectivity index (χ0) is 14.7. The average Bonchev–Trinajstić information content (AvgIpc) is 2.48. The molecular weight excluding hydrogens is 281 g/mol. The van der Waals surface area contributed by atoms with Crippen LogP contribution in [0.2, 0.25) is 0 Å². The van der Waals surface area contributed by atoms with E-state index in [1.807, 2.05) is 0 Å². The Morgan fingerprint density at radius 1 is 0.950 bits per heavy atom. The maximum atomic E-state index is 13.3. The molecule has 2 aromatic rings. The van der Waals surface area contributed by atoms with Gasteiger partial charge >= 0.3 is 0 Å². The molecule has 0 amide bonds. The number of benzene rings is 1. The zero-order valence-electron chi connectivity index (χ0n) is 9.67. The second kappa shape index (κ2) is 5.64. The highest BCUT2D eigenvalue weighted by atomic mass is 19.2. The molecule has 1 N–H and O–H groups in total. The molecule has 0 bridgehead atoms. The zero-order valence-corrected chi connectivity index (χ0v) is 9.67. The fourth-order valence-electron chi connectivity index (χ4n) is 1.33. The Balaban J connectivity index is 2.29. The molecular formula is C12H6F5N3. The molecule has 0 aliphatic heterocycles. The number of anilines is 1. The monoisotopic (exact) mass is 287 g/mol. The molecule has 104 valence electrons. The summed E-state index contributed by atoms with van der Waals surface area (Å²) in [6.07, 6.45) is 4.00. The first-order valence-electron chi connectivity index (χ1n) is 5.23. The van der Waals surface area contributed by atoms with Crippen LogP contribution in [0.4, 0.5) is 27.6 Å². The highest BCUT2D eigenvalue weighted by Gasteiger charge is 2.25. The Morgan fingerprint density at radius 3 is 2.10 bits per heavy atom. The molecule has 0 saturated heterocycles. The molecule has 0 aliphatic rings. The fraction of sp³-hybridized carbons (Fsp3) is 0. The Labute approximate surface area is 109 Å². The molecule has 1 aromatic carbocycles. The maximum absolute atomic E-state index is 13.3. The maximum Gasteiger partial charge on any atom is 0.200 e. The third-order valence-corrected chi connectivity index (χ3v) is 2.28. The van der Waals surface area contributed by atoms with Crippen molar-refractivity contribution in [2.24, 2.45) is 5.10 Å². The van der Waals surface area contributed by atoms with Crippen LogP contribution in [0.25, 0.3) is 0 Å². The minimum Gasteiger partial charge on any atom is -0.272 e. The number of nitrogens with one attached hydrogen (secondary N) is 1. The van der Waals surface area contributed by atoms with Gasteiger partial charge in [0.25, 0.3) is 0 Å². The van der Waals surface area contributed by atoms with Crippen LogP contribution >= 0.6 is 0 Å². The molecule has 0 radical (unpaired) electrons. The van der Waals surface area contributed by atoms with Crippen LogP contribution in [-0.2, 0) is 0 Å². The molecule has 0 spiro atoms. The van der Waals surface area contributed by atoms with Gasteiger partial charge in [0, 0.05) is 18.0 Å². The third kappa shape index (κ3) is 2.58. The van der Waals surface area contributed by atoms with Gasteiger partial charge < -0.3 is 0 Å². The average molecular weight is 287 g/mol. The summed E-state index contributed by atoms with van der Waals surface area (Å²) in [6.45, 7) is 0. The van der Waals surface area contributed by atoms with Crippen molar-refractivity contribution >= 4 is 11.9 Å². The summed E-state index contributed by atoms with van der Waals surface area (Å²) in [6, 6.07) is 3.16. The minimum absolute atomic E-state index is 0.476. The summed E-state index contributed by atoms with van der Waals surface area (Å²) in [5, 5.41) is 3.39. The van der Waals surface area contributed by atoms with Gasteiger partial charge in [0.1, 0.15) is 5.69 Å². The van der Waals surface area contributed by atoms with Gasteiger partial charge in [-0.2, -0.15) is 5.10 Å². The molecule has 3 nitrogen and oxygen atoms in total. The predicted octanol–water partition coefficient (Wildman–Crippen LogP) is 3.22. The quantitative estimate of drug-likeness (QED) is 0.309. The number of aromatic nitrogens is 1. The van der Waals surface area contributed by atoms with Gasteiger partial charge in [-0.3, -0.25) is 10.4 Å². The van der Waals surface area contributed by atoms with E-state index in [-0.39, 0.29) is 0 Å². The second-order valence-corrected chi connectivity index (χ2v) is 3.60. The van der Waals surface area contributed by atoms with E-state index in [1.54, 1.807) is 17.6 Å². The van der Waals surface area contributed by atoms with E-state index in [1.165, 1.54) is 12.4 Å². The van der Waals surface area contributed by atoms with Crippen molar-refractivity contribution in [2.75, 3.05) is 5.43 Å². The van der Waals surface area contributed by atoms with Gasteiger partial charge in [-0.25, -0.2) is 22.0 Å². The third-order valence-electron chi connectivity index (χ3n) is 2.28. The van der Waals surface area contributed by atoms with E-state index in [9.17, 15) is 22.0 Å². The minimum atomic E-state index is -2.22. The number of rotatable bonds is 3. The number of hydrogen-bond donors (Lipinski definition) is 1. The lowest BCUT2D eigenvalue weighted by Crippen LogP contribution is -2.06. The first-order chi connectivity index (χ1) is 9.52. The van der Waals surface area contributed by atoms with E-state index < -0.39 is 34.8 Å². The highest BCUT2D eigenvalue weighted by Crippen LogP contribution is 2.26. The van der Waals surface area contributed by atoms with Crippen LogP contribution in [0, 0.1) is 29.1 Å². The summed E-state index contributed by atoms with van der Waals surface area (Å²) < 4.78 is 65.1. The standard InChI is InChI=1S/C12H6F5N3/c13-7-8(14)10(16)12(11(17)9(7)15)20-19-5-6-2-1-3-18-4-6/h1-5,20H/b19-5+. The van der Waals surface area contributed by atoms with Crippen molar-refractivity contribution in [1.29, 1.82) is 0 Å². The summed E-state index contributed by atoms with van der Waals surface area (Å²) in [7, 11) is 0. The molecule has 0 unspecified atom stereocenters. The van der Waals surface area contributed by atoms with Crippen LogP contribution in [0.5, 0.6) is 0 Å². The first-order valence-corrected chi connectivity index (χ1v) is 5.23. The first kappa shape index (κ1) is 13.9. The van der Waals surface area contributed by atoms with Gasteiger partial charge in [0.15, 0.2) is 23.3 Å². The van der Waals surface area contributed by atoms with Gasteiger partial charge in [-0.05, 0) is 6.07 Å². The molecule has 0 aliphatic carbocycles. The van der Waals surface area contributed by atoms with Crippen LogP contribution in [0.1, 0.15) is 5.56 Å². The highest BCUT2D eigenvalue weighted by molar-refractivity contribution is 5.79. The van der Waals surface area contributed by atoms with Crippen LogP contribution in [-0.4, -0.2) is 11.2 Å². The van der Waals surface area contributed by atoms with Crippen molar-refractivity contribution in [3.8, 4) is 0 Å². The van der Waals surface area contributed by atoms with Crippen molar-refractivity contribution in [3.05, 3.63) is 59.2 Å². The van der Waals surface area contributed by atoms with E-state index in [0.29, 0.717) is 5.56 Å². The van der Waals surface area contributed by atoms with Crippen LogP contribution < -0.4 is 5.43 Å². The molecule has 1 heterocycles. The van der Waals surface area contributed by atoms with Crippen molar-refractivity contribution in [1.82, 2.24) is 4.98 Å². The molecule has 2 rings (SSSR count). The van der Waals surface area contributed by atoms with E-state index >= 15 is 0 Å². The van der Waals surface area contributed by atoms with Gasteiger partial charge in [-0.1, -0.05) is 6.07 Å². The smallest absolute Gasteiger partial charge is 0.200 e. The van der Waals surface area contributed by atoms with Crippen LogP contribution in [0.15, 0.2) is 29.6 Å². The number of pyridine rings is 1. The van der Waals surface area contributed by atoms with E-state index in [0.717, 1.165) is 6.21 Å². The van der Waals surface area contributed by atoms with Gasteiger partial charge in [0.05, 0.1) is 6.21 Å². The Bertz CT molecular complexity index is 629. The summed E-state index contributed by atoms with van der Waals surface area (Å²) in [5.74, 6) is -10.3. The SMILES string of the molecule is Fc1c(F)c(F)c(N/N=C/c2cccnc2)c(F)c1F. The largest absolute Gasteiger partial charge is 0.272 e. The molecule has 0 atom stereocenters. The number of hydrazone groups is 1. The summed E-state index contributed by atoms with van der Waals surface area (Å²) >= 11 is 0. The predicted molar refractivity (Wildman–Crippen MR) is 61.7 cm³/mol. The molecule has 1 aromatic heterocycles.